The molecule has 16 heavy (non-hydrogen) atoms. The smallest absolute Gasteiger partial charge is 0.313 e. The molecule has 1 atom stereocenters. The molecule has 0 aliphatic rings. The van der Waals surface area contributed by atoms with Gasteiger partial charge in [-0.15, -0.1) is 10.2 Å². The van der Waals surface area contributed by atoms with Gasteiger partial charge < -0.3 is 16.6 Å². The third-order valence-corrected chi connectivity index (χ3v) is 2.74. The van der Waals surface area contributed by atoms with E-state index in [1.807, 2.05) is 0 Å². The van der Waals surface area contributed by atoms with E-state index in [9.17, 15) is 9.59 Å². The van der Waals surface area contributed by atoms with Crippen LogP contribution in [0.3, 0.4) is 0 Å². The number of amides is 1. The normalized spacial score (nSPS) is 12.3. The Hall–Kier alpha value is -1.77. The molecule has 0 saturated carbocycles. The topological polar surface area (TPSA) is 137 Å². The molecule has 1 amide bonds. The third kappa shape index (κ3) is 2.63. The fourth-order valence-corrected chi connectivity index (χ4v) is 1.75. The van der Waals surface area contributed by atoms with Crippen LogP contribution in [-0.2, 0) is 9.59 Å². The summed E-state index contributed by atoms with van der Waals surface area (Å²) >= 11 is 0.924. The number of primary amides is 1. The summed E-state index contributed by atoms with van der Waals surface area (Å²) in [4.78, 5) is 21.4. The van der Waals surface area contributed by atoms with Crippen LogP contribution in [0.4, 0.5) is 5.95 Å². The van der Waals surface area contributed by atoms with Gasteiger partial charge in [0.1, 0.15) is 6.04 Å². The molecule has 8 nitrogen and oxygen atoms in total. The molecule has 0 radical (unpaired) electrons. The summed E-state index contributed by atoms with van der Waals surface area (Å²) in [7, 11) is 0. The molecule has 0 aromatic carbocycles. The summed E-state index contributed by atoms with van der Waals surface area (Å²) in [5.41, 5.74) is 10.6. The minimum Gasteiger partial charge on any atom is -0.481 e. The van der Waals surface area contributed by atoms with Crippen LogP contribution in [0.25, 0.3) is 0 Å². The molecule has 1 heterocycles. The number of nitrogens with zero attached hydrogens (tertiary/aromatic N) is 3. The first-order chi connectivity index (χ1) is 7.43. The zero-order valence-electron chi connectivity index (χ0n) is 8.45. The van der Waals surface area contributed by atoms with Gasteiger partial charge in [-0.2, -0.15) is 0 Å². The molecule has 88 valence electrons. The van der Waals surface area contributed by atoms with Crippen molar-refractivity contribution < 1.29 is 14.7 Å². The number of carbonyl (C=O) groups excluding carboxylic acids is 1. The van der Waals surface area contributed by atoms with Gasteiger partial charge in [0, 0.05) is 0 Å². The molecule has 0 saturated heterocycles. The molecule has 9 heteroatoms. The predicted octanol–water partition coefficient (Wildman–Crippen LogP) is -0.917. The van der Waals surface area contributed by atoms with Crippen LogP contribution in [0.1, 0.15) is 13.0 Å². The SMILES string of the molecule is CC(C(N)=O)n1c(N)nnc1SCC(=O)O. The number of carboxylic acids is 1. The zero-order chi connectivity index (χ0) is 12.3. The summed E-state index contributed by atoms with van der Waals surface area (Å²) in [6, 6.07) is -0.716. The highest BCUT2D eigenvalue weighted by atomic mass is 32.2. The van der Waals surface area contributed by atoms with E-state index in [-0.39, 0.29) is 16.9 Å². The van der Waals surface area contributed by atoms with Gasteiger partial charge in [-0.25, -0.2) is 0 Å². The van der Waals surface area contributed by atoms with E-state index in [4.69, 9.17) is 16.6 Å². The highest BCUT2D eigenvalue weighted by molar-refractivity contribution is 7.99. The molecule has 1 unspecified atom stereocenters. The number of nitrogens with two attached hydrogens (primary N) is 2. The summed E-state index contributed by atoms with van der Waals surface area (Å²) in [6.07, 6.45) is 0. The Labute approximate surface area is 95.0 Å². The van der Waals surface area contributed by atoms with E-state index in [1.165, 1.54) is 11.5 Å². The van der Waals surface area contributed by atoms with Gasteiger partial charge >= 0.3 is 5.97 Å². The maximum Gasteiger partial charge on any atom is 0.313 e. The number of hydrogen-bond donors (Lipinski definition) is 3. The number of aromatic nitrogens is 3. The number of aliphatic carboxylic acids is 1. The first-order valence-corrected chi connectivity index (χ1v) is 5.26. The maximum atomic E-state index is 11.0. The molecule has 1 aromatic rings. The standard InChI is InChI=1S/C7H11N5O3S/c1-3(5(8)15)12-6(9)10-11-7(12)16-2-4(13)14/h3H,2H2,1H3,(H2,8,15)(H2,9,10)(H,13,14). The third-order valence-electron chi connectivity index (χ3n) is 1.81. The molecule has 0 fully saturated rings. The van der Waals surface area contributed by atoms with Crippen LogP contribution in [0, 0.1) is 0 Å². The predicted molar refractivity (Wildman–Crippen MR) is 56.7 cm³/mol. The number of rotatable bonds is 5. The van der Waals surface area contributed by atoms with Crippen molar-refractivity contribution in [3.05, 3.63) is 0 Å². The number of nitrogen functional groups attached to an aromatic ring is 1. The van der Waals surface area contributed by atoms with Crippen molar-refractivity contribution in [3.63, 3.8) is 0 Å². The quantitative estimate of drug-likeness (QED) is 0.570. The minimum absolute atomic E-state index is 0.0270. The average Bonchev–Trinajstić information content (AvgIpc) is 2.55. The summed E-state index contributed by atoms with van der Waals surface area (Å²) in [6.45, 7) is 1.53. The van der Waals surface area contributed by atoms with Crippen molar-refractivity contribution in [1.29, 1.82) is 0 Å². The van der Waals surface area contributed by atoms with E-state index in [0.717, 1.165) is 11.8 Å². The van der Waals surface area contributed by atoms with E-state index in [1.54, 1.807) is 0 Å². The molecule has 0 aliphatic heterocycles. The molecule has 5 N–H and O–H groups in total. The molecule has 0 aliphatic carbocycles. The van der Waals surface area contributed by atoms with Crippen molar-refractivity contribution in [2.24, 2.45) is 5.73 Å². The first-order valence-electron chi connectivity index (χ1n) is 4.27. The highest BCUT2D eigenvalue weighted by Crippen LogP contribution is 2.22. The summed E-state index contributed by atoms with van der Waals surface area (Å²) < 4.78 is 1.30. The van der Waals surface area contributed by atoms with Crippen LogP contribution < -0.4 is 11.5 Å². The van der Waals surface area contributed by atoms with Crippen LogP contribution in [-0.4, -0.2) is 37.5 Å². The monoisotopic (exact) mass is 245 g/mol. The fourth-order valence-electron chi connectivity index (χ4n) is 1.00. The molecule has 0 spiro atoms. The van der Waals surface area contributed by atoms with Gasteiger partial charge in [0.15, 0.2) is 5.16 Å². The second-order valence-corrected chi connectivity index (χ2v) is 3.91. The van der Waals surface area contributed by atoms with Crippen molar-refractivity contribution >= 4 is 29.6 Å². The van der Waals surface area contributed by atoms with Gasteiger partial charge in [-0.1, -0.05) is 11.8 Å². The summed E-state index contributed by atoms with van der Waals surface area (Å²) in [5.74, 6) is -1.75. The van der Waals surface area contributed by atoms with Crippen molar-refractivity contribution in [3.8, 4) is 0 Å². The van der Waals surface area contributed by atoms with Crippen LogP contribution in [0.15, 0.2) is 5.16 Å². The molecular weight excluding hydrogens is 234 g/mol. The Balaban J connectivity index is 2.93. The number of hydrogen-bond acceptors (Lipinski definition) is 6. The van der Waals surface area contributed by atoms with Gasteiger partial charge in [-0.05, 0) is 6.92 Å². The molecule has 1 aromatic heterocycles. The van der Waals surface area contributed by atoms with Crippen LogP contribution >= 0.6 is 11.8 Å². The van der Waals surface area contributed by atoms with Crippen molar-refractivity contribution in [2.75, 3.05) is 11.5 Å². The number of anilines is 1. The van der Waals surface area contributed by atoms with Crippen molar-refractivity contribution in [2.45, 2.75) is 18.1 Å². The second kappa shape index (κ2) is 4.84. The largest absolute Gasteiger partial charge is 0.481 e. The fraction of sp³-hybridized carbons (Fsp3) is 0.429. The lowest BCUT2D eigenvalue weighted by Gasteiger charge is -2.12. The van der Waals surface area contributed by atoms with E-state index >= 15 is 0 Å². The highest BCUT2D eigenvalue weighted by Gasteiger charge is 2.20. The Kier molecular flexibility index (Phi) is 3.72. The second-order valence-electron chi connectivity index (χ2n) is 2.97. The Morgan fingerprint density at radius 1 is 1.56 bits per heavy atom. The average molecular weight is 245 g/mol. The molecule has 1 rings (SSSR count). The number of carbonyl (C=O) groups is 2. The Bertz CT molecular complexity index is 418. The van der Waals surface area contributed by atoms with E-state index < -0.39 is 17.9 Å². The molecule has 0 bridgehead atoms. The summed E-state index contributed by atoms with van der Waals surface area (Å²) in [5, 5.41) is 16.0. The first kappa shape index (κ1) is 12.3. The van der Waals surface area contributed by atoms with Gasteiger partial charge in [0.2, 0.25) is 11.9 Å². The van der Waals surface area contributed by atoms with Gasteiger partial charge in [0.05, 0.1) is 5.75 Å². The minimum atomic E-state index is -0.996. The zero-order valence-corrected chi connectivity index (χ0v) is 9.27. The number of carboxylic acid groups (broad SMARTS) is 1. The lowest BCUT2D eigenvalue weighted by atomic mass is 10.3. The maximum absolute atomic E-state index is 11.0. The van der Waals surface area contributed by atoms with Gasteiger partial charge in [-0.3, -0.25) is 14.2 Å². The van der Waals surface area contributed by atoms with Gasteiger partial charge in [0.25, 0.3) is 0 Å². The van der Waals surface area contributed by atoms with Crippen molar-refractivity contribution in [1.82, 2.24) is 14.8 Å². The lowest BCUT2D eigenvalue weighted by molar-refractivity contribution is -0.133. The van der Waals surface area contributed by atoms with E-state index in [2.05, 4.69) is 10.2 Å². The van der Waals surface area contributed by atoms with Crippen LogP contribution in [0.2, 0.25) is 0 Å². The van der Waals surface area contributed by atoms with E-state index in [0.29, 0.717) is 0 Å². The number of thioether (sulfide) groups is 1. The Morgan fingerprint density at radius 2 is 2.19 bits per heavy atom. The Morgan fingerprint density at radius 3 is 2.69 bits per heavy atom. The van der Waals surface area contributed by atoms with Crippen LogP contribution in [0.5, 0.6) is 0 Å². The molecular formula is C7H11N5O3S. The lowest BCUT2D eigenvalue weighted by Crippen LogP contribution is -2.25.